The summed E-state index contributed by atoms with van der Waals surface area (Å²) in [5.41, 5.74) is 3.16. The summed E-state index contributed by atoms with van der Waals surface area (Å²) in [6.07, 6.45) is 7.84. The SMILES string of the molecule is CC1(C)Cc2cc(C(Br)C3(C)CCCCC3)ccc2O1. The van der Waals surface area contributed by atoms with Crippen LogP contribution in [-0.2, 0) is 6.42 Å². The second-order valence-corrected chi connectivity index (χ2v) is 8.40. The van der Waals surface area contributed by atoms with Crippen LogP contribution < -0.4 is 4.74 Å². The second-order valence-electron chi connectivity index (χ2n) is 7.48. The van der Waals surface area contributed by atoms with Crippen LogP contribution in [0, 0.1) is 5.41 Å². The summed E-state index contributed by atoms with van der Waals surface area (Å²) in [7, 11) is 0. The van der Waals surface area contributed by atoms with Gasteiger partial charge in [-0.2, -0.15) is 0 Å². The van der Waals surface area contributed by atoms with Crippen LogP contribution in [0.4, 0.5) is 0 Å². The van der Waals surface area contributed by atoms with Gasteiger partial charge in [-0.1, -0.05) is 54.2 Å². The molecule has 1 fully saturated rings. The molecule has 110 valence electrons. The number of hydrogen-bond donors (Lipinski definition) is 0. The van der Waals surface area contributed by atoms with Crippen molar-refractivity contribution in [2.75, 3.05) is 0 Å². The van der Waals surface area contributed by atoms with Gasteiger partial charge in [0.05, 0.1) is 0 Å². The van der Waals surface area contributed by atoms with Gasteiger partial charge in [-0.25, -0.2) is 0 Å². The lowest BCUT2D eigenvalue weighted by molar-refractivity contribution is 0.138. The molecule has 0 saturated heterocycles. The van der Waals surface area contributed by atoms with E-state index in [1.165, 1.54) is 43.2 Å². The van der Waals surface area contributed by atoms with Crippen LogP contribution in [0.1, 0.15) is 68.8 Å². The minimum absolute atomic E-state index is 0.0441. The van der Waals surface area contributed by atoms with E-state index >= 15 is 0 Å². The molecular formula is C18H25BrO. The first kappa shape index (κ1) is 14.4. The average Bonchev–Trinajstić information content (AvgIpc) is 2.71. The second kappa shape index (κ2) is 5.05. The third-order valence-electron chi connectivity index (χ3n) is 4.99. The predicted molar refractivity (Wildman–Crippen MR) is 87.7 cm³/mol. The molecule has 1 aliphatic carbocycles. The number of fused-ring (bicyclic) bond motifs is 1. The van der Waals surface area contributed by atoms with Crippen molar-refractivity contribution < 1.29 is 4.74 Å². The van der Waals surface area contributed by atoms with Gasteiger partial charge in [0.25, 0.3) is 0 Å². The third kappa shape index (κ3) is 2.64. The molecule has 0 radical (unpaired) electrons. The van der Waals surface area contributed by atoms with Crippen LogP contribution in [0.3, 0.4) is 0 Å². The Morgan fingerprint density at radius 3 is 2.50 bits per heavy atom. The van der Waals surface area contributed by atoms with Crippen molar-refractivity contribution in [2.45, 2.75) is 69.7 Å². The smallest absolute Gasteiger partial charge is 0.123 e. The maximum atomic E-state index is 5.98. The Morgan fingerprint density at radius 1 is 1.10 bits per heavy atom. The molecule has 3 rings (SSSR count). The van der Waals surface area contributed by atoms with E-state index in [-0.39, 0.29) is 5.60 Å². The highest BCUT2D eigenvalue weighted by Crippen LogP contribution is 2.51. The standard InChI is InChI=1S/C18H25BrO/c1-17(2)12-14-11-13(7-8-15(14)20-17)16(19)18(3)9-5-4-6-10-18/h7-8,11,16H,4-6,9-10,12H2,1-3H3. The minimum Gasteiger partial charge on any atom is -0.487 e. The lowest BCUT2D eigenvalue weighted by Crippen LogP contribution is -2.25. The van der Waals surface area contributed by atoms with Crippen LogP contribution in [0.2, 0.25) is 0 Å². The fraction of sp³-hybridized carbons (Fsp3) is 0.667. The Morgan fingerprint density at radius 2 is 1.80 bits per heavy atom. The zero-order valence-corrected chi connectivity index (χ0v) is 14.4. The molecule has 1 saturated carbocycles. The molecule has 0 aromatic heterocycles. The number of benzene rings is 1. The number of rotatable bonds is 2. The third-order valence-corrected chi connectivity index (χ3v) is 6.62. The van der Waals surface area contributed by atoms with Gasteiger partial charge in [0, 0.05) is 11.2 Å². The largest absolute Gasteiger partial charge is 0.487 e. The molecule has 1 heterocycles. The summed E-state index contributed by atoms with van der Waals surface area (Å²) in [5.74, 6) is 1.08. The van der Waals surface area contributed by atoms with Gasteiger partial charge < -0.3 is 4.74 Å². The van der Waals surface area contributed by atoms with Gasteiger partial charge >= 0.3 is 0 Å². The molecule has 1 aromatic carbocycles. The molecule has 0 amide bonds. The van der Waals surface area contributed by atoms with Crippen LogP contribution in [0.25, 0.3) is 0 Å². The summed E-state index contributed by atoms with van der Waals surface area (Å²) >= 11 is 4.00. The van der Waals surface area contributed by atoms with Crippen molar-refractivity contribution in [3.63, 3.8) is 0 Å². The minimum atomic E-state index is -0.0441. The van der Waals surface area contributed by atoms with Gasteiger partial charge in [-0.15, -0.1) is 0 Å². The average molecular weight is 337 g/mol. The van der Waals surface area contributed by atoms with Crippen molar-refractivity contribution >= 4 is 15.9 Å². The molecule has 0 bridgehead atoms. The Kier molecular flexibility index (Phi) is 3.64. The Bertz CT molecular complexity index is 500. The van der Waals surface area contributed by atoms with E-state index in [4.69, 9.17) is 4.74 Å². The highest BCUT2D eigenvalue weighted by Gasteiger charge is 2.36. The number of ether oxygens (including phenoxy) is 1. The summed E-state index contributed by atoms with van der Waals surface area (Å²) in [6, 6.07) is 6.78. The monoisotopic (exact) mass is 336 g/mol. The van der Waals surface area contributed by atoms with E-state index in [9.17, 15) is 0 Å². The lowest BCUT2D eigenvalue weighted by Gasteiger charge is -2.38. The van der Waals surface area contributed by atoms with Gasteiger partial charge in [0.1, 0.15) is 11.4 Å². The molecule has 2 heteroatoms. The summed E-state index contributed by atoms with van der Waals surface area (Å²) in [4.78, 5) is 0.462. The molecule has 0 spiro atoms. The van der Waals surface area contributed by atoms with Crippen LogP contribution >= 0.6 is 15.9 Å². The highest BCUT2D eigenvalue weighted by atomic mass is 79.9. The zero-order valence-electron chi connectivity index (χ0n) is 12.8. The first-order valence-electron chi connectivity index (χ1n) is 7.86. The fourth-order valence-electron chi connectivity index (χ4n) is 3.80. The predicted octanol–water partition coefficient (Wildman–Crippen LogP) is 5.81. The van der Waals surface area contributed by atoms with Crippen molar-refractivity contribution in [3.05, 3.63) is 29.3 Å². The Labute approximate surface area is 131 Å². The number of halogens is 1. The molecule has 1 aliphatic heterocycles. The molecule has 0 N–H and O–H groups in total. The Hall–Kier alpha value is -0.500. The molecule has 1 unspecified atom stereocenters. The normalized spacial score (nSPS) is 24.8. The van der Waals surface area contributed by atoms with Crippen LogP contribution in [0.15, 0.2) is 18.2 Å². The maximum absolute atomic E-state index is 5.98. The van der Waals surface area contributed by atoms with Gasteiger partial charge in [0.15, 0.2) is 0 Å². The van der Waals surface area contributed by atoms with E-state index in [0.29, 0.717) is 10.2 Å². The van der Waals surface area contributed by atoms with Crippen molar-refractivity contribution in [1.82, 2.24) is 0 Å². The van der Waals surface area contributed by atoms with Crippen molar-refractivity contribution in [2.24, 2.45) is 5.41 Å². The van der Waals surface area contributed by atoms with E-state index in [1.807, 2.05) is 0 Å². The molecular weight excluding hydrogens is 312 g/mol. The van der Waals surface area contributed by atoms with E-state index < -0.39 is 0 Å². The van der Waals surface area contributed by atoms with Crippen molar-refractivity contribution in [3.8, 4) is 5.75 Å². The molecule has 2 aliphatic rings. The Balaban J connectivity index is 1.85. The van der Waals surface area contributed by atoms with E-state index in [2.05, 4.69) is 54.9 Å². The molecule has 20 heavy (non-hydrogen) atoms. The maximum Gasteiger partial charge on any atom is 0.123 e. The first-order chi connectivity index (χ1) is 9.40. The number of hydrogen-bond acceptors (Lipinski definition) is 1. The highest BCUT2D eigenvalue weighted by molar-refractivity contribution is 9.09. The van der Waals surface area contributed by atoms with E-state index in [0.717, 1.165) is 12.2 Å². The first-order valence-corrected chi connectivity index (χ1v) is 8.77. The van der Waals surface area contributed by atoms with Gasteiger partial charge in [0.2, 0.25) is 0 Å². The molecule has 1 atom stereocenters. The zero-order chi connectivity index (χ0) is 14.4. The topological polar surface area (TPSA) is 9.23 Å². The molecule has 1 nitrogen and oxygen atoms in total. The van der Waals surface area contributed by atoms with Crippen molar-refractivity contribution in [1.29, 1.82) is 0 Å². The molecule has 1 aromatic rings. The summed E-state index contributed by atoms with van der Waals surface area (Å²) < 4.78 is 5.98. The van der Waals surface area contributed by atoms with Gasteiger partial charge in [-0.3, -0.25) is 0 Å². The number of alkyl halides is 1. The summed E-state index contributed by atoms with van der Waals surface area (Å²) in [6.45, 7) is 6.78. The van der Waals surface area contributed by atoms with Crippen LogP contribution in [-0.4, -0.2) is 5.60 Å². The lowest BCUT2D eigenvalue weighted by atomic mass is 9.72. The quantitative estimate of drug-likeness (QED) is 0.619. The van der Waals surface area contributed by atoms with E-state index in [1.54, 1.807) is 0 Å². The summed E-state index contributed by atoms with van der Waals surface area (Å²) in [5, 5.41) is 0. The van der Waals surface area contributed by atoms with Crippen LogP contribution in [0.5, 0.6) is 5.75 Å². The fourth-order valence-corrected chi connectivity index (χ4v) is 4.55. The van der Waals surface area contributed by atoms with Gasteiger partial charge in [-0.05, 0) is 49.3 Å².